The molecule has 1 atom stereocenters. The summed E-state index contributed by atoms with van der Waals surface area (Å²) >= 11 is 0. The fourth-order valence-corrected chi connectivity index (χ4v) is 1.84. The summed E-state index contributed by atoms with van der Waals surface area (Å²) in [5.74, 6) is 6.53. The van der Waals surface area contributed by atoms with Gasteiger partial charge in [-0.05, 0) is 52.8 Å². The first kappa shape index (κ1) is 14.7. The molecule has 18 heavy (non-hydrogen) atoms. The highest BCUT2D eigenvalue weighted by molar-refractivity contribution is 5.26. The van der Waals surface area contributed by atoms with Gasteiger partial charge in [-0.3, -0.25) is 4.98 Å². The van der Waals surface area contributed by atoms with E-state index >= 15 is 0 Å². The molecule has 0 aliphatic carbocycles. The normalized spacial score (nSPS) is 12.8. The van der Waals surface area contributed by atoms with Crippen LogP contribution in [0.2, 0.25) is 0 Å². The Morgan fingerprint density at radius 2 is 2.00 bits per heavy atom. The second kappa shape index (κ2) is 6.02. The SMILES string of the molecule is CNC(CC#CC(C)(C)C)c1ncc(C)cc1C. The number of aromatic nitrogens is 1. The molecule has 0 fully saturated rings. The van der Waals surface area contributed by atoms with Crippen molar-refractivity contribution >= 4 is 0 Å². The van der Waals surface area contributed by atoms with E-state index in [1.807, 2.05) is 13.2 Å². The van der Waals surface area contributed by atoms with Crippen molar-refractivity contribution in [3.05, 3.63) is 29.1 Å². The first-order chi connectivity index (χ1) is 8.33. The highest BCUT2D eigenvalue weighted by Gasteiger charge is 2.12. The molecule has 1 rings (SSSR count). The van der Waals surface area contributed by atoms with E-state index in [0.717, 1.165) is 12.1 Å². The molecule has 0 saturated heterocycles. The van der Waals surface area contributed by atoms with E-state index in [-0.39, 0.29) is 11.5 Å². The molecule has 98 valence electrons. The molecular weight excluding hydrogens is 220 g/mol. The van der Waals surface area contributed by atoms with Crippen molar-refractivity contribution in [2.75, 3.05) is 7.05 Å². The quantitative estimate of drug-likeness (QED) is 0.824. The second-order valence-corrected chi connectivity index (χ2v) is 5.81. The molecule has 0 bridgehead atoms. The number of aryl methyl sites for hydroxylation is 2. The number of rotatable bonds is 3. The van der Waals surface area contributed by atoms with E-state index < -0.39 is 0 Å². The van der Waals surface area contributed by atoms with Crippen LogP contribution in [0.1, 0.15) is 50.1 Å². The Hall–Kier alpha value is -1.33. The predicted molar refractivity (Wildman–Crippen MR) is 77.4 cm³/mol. The third-order valence-corrected chi connectivity index (χ3v) is 2.70. The zero-order chi connectivity index (χ0) is 13.8. The van der Waals surface area contributed by atoms with Gasteiger partial charge in [-0.2, -0.15) is 0 Å². The van der Waals surface area contributed by atoms with E-state index in [4.69, 9.17) is 0 Å². The summed E-state index contributed by atoms with van der Waals surface area (Å²) < 4.78 is 0. The molecule has 2 heteroatoms. The molecule has 1 unspecified atom stereocenters. The van der Waals surface area contributed by atoms with Crippen LogP contribution in [0.3, 0.4) is 0 Å². The number of pyridine rings is 1. The minimum absolute atomic E-state index is 0.0635. The Bertz CT molecular complexity index is 458. The number of hydrogen-bond donors (Lipinski definition) is 1. The molecule has 2 nitrogen and oxygen atoms in total. The minimum atomic E-state index is 0.0635. The summed E-state index contributed by atoms with van der Waals surface area (Å²) in [6.07, 6.45) is 2.72. The predicted octanol–water partition coefficient (Wildman–Crippen LogP) is 3.40. The highest BCUT2D eigenvalue weighted by atomic mass is 14.9. The van der Waals surface area contributed by atoms with Crippen LogP contribution in [0.5, 0.6) is 0 Å². The second-order valence-electron chi connectivity index (χ2n) is 5.81. The largest absolute Gasteiger partial charge is 0.311 e. The maximum atomic E-state index is 4.53. The fourth-order valence-electron chi connectivity index (χ4n) is 1.84. The Morgan fingerprint density at radius 3 is 2.50 bits per heavy atom. The zero-order valence-electron chi connectivity index (χ0n) is 12.4. The Balaban J connectivity index is 2.86. The topological polar surface area (TPSA) is 24.9 Å². The van der Waals surface area contributed by atoms with Gasteiger partial charge in [0.15, 0.2) is 0 Å². The number of hydrogen-bond acceptors (Lipinski definition) is 2. The first-order valence-corrected chi connectivity index (χ1v) is 6.44. The highest BCUT2D eigenvalue weighted by Crippen LogP contribution is 2.19. The van der Waals surface area contributed by atoms with Gasteiger partial charge in [-0.1, -0.05) is 12.0 Å². The molecule has 0 saturated carbocycles. The molecule has 0 aromatic carbocycles. The average molecular weight is 244 g/mol. The summed E-state index contributed by atoms with van der Waals surface area (Å²) in [4.78, 5) is 4.53. The van der Waals surface area contributed by atoms with Gasteiger partial charge in [0.1, 0.15) is 0 Å². The lowest BCUT2D eigenvalue weighted by atomic mass is 9.97. The van der Waals surface area contributed by atoms with Crippen LogP contribution in [0.25, 0.3) is 0 Å². The molecule has 1 N–H and O–H groups in total. The summed E-state index contributed by atoms with van der Waals surface area (Å²) in [5, 5.41) is 3.30. The van der Waals surface area contributed by atoms with Crippen molar-refractivity contribution in [3.8, 4) is 11.8 Å². The van der Waals surface area contributed by atoms with E-state index in [1.165, 1.54) is 11.1 Å². The molecule has 1 aromatic rings. The molecule has 0 aliphatic rings. The minimum Gasteiger partial charge on any atom is -0.311 e. The molecular formula is C16H24N2. The molecule has 0 radical (unpaired) electrons. The monoisotopic (exact) mass is 244 g/mol. The van der Waals surface area contributed by atoms with Crippen molar-refractivity contribution in [2.24, 2.45) is 5.41 Å². The Kier molecular flexibility index (Phi) is 4.93. The van der Waals surface area contributed by atoms with Crippen LogP contribution in [0, 0.1) is 31.1 Å². The number of nitrogens with zero attached hydrogens (tertiary/aromatic N) is 1. The van der Waals surface area contributed by atoms with Gasteiger partial charge in [0.05, 0.1) is 11.7 Å². The van der Waals surface area contributed by atoms with E-state index in [0.29, 0.717) is 0 Å². The first-order valence-electron chi connectivity index (χ1n) is 6.44. The van der Waals surface area contributed by atoms with Gasteiger partial charge in [0.2, 0.25) is 0 Å². The van der Waals surface area contributed by atoms with E-state index in [1.54, 1.807) is 0 Å². The van der Waals surface area contributed by atoms with Crippen molar-refractivity contribution < 1.29 is 0 Å². The molecule has 0 aliphatic heterocycles. The van der Waals surface area contributed by atoms with Crippen LogP contribution < -0.4 is 5.32 Å². The Labute approximate surface area is 111 Å². The summed E-state index contributed by atoms with van der Waals surface area (Å²) in [6.45, 7) is 10.6. The van der Waals surface area contributed by atoms with Crippen LogP contribution in [-0.4, -0.2) is 12.0 Å². The lowest BCUT2D eigenvalue weighted by Gasteiger charge is -2.16. The number of nitrogens with one attached hydrogen (secondary N) is 1. The molecule has 1 heterocycles. The van der Waals surface area contributed by atoms with E-state index in [2.05, 4.69) is 62.8 Å². The van der Waals surface area contributed by atoms with Crippen LogP contribution in [-0.2, 0) is 0 Å². The van der Waals surface area contributed by atoms with Gasteiger partial charge in [0.25, 0.3) is 0 Å². The molecule has 0 spiro atoms. The Morgan fingerprint density at radius 1 is 1.33 bits per heavy atom. The van der Waals surface area contributed by atoms with Crippen molar-refractivity contribution in [1.82, 2.24) is 10.3 Å². The summed E-state index contributed by atoms with van der Waals surface area (Å²) in [7, 11) is 1.96. The van der Waals surface area contributed by atoms with E-state index in [9.17, 15) is 0 Å². The zero-order valence-corrected chi connectivity index (χ0v) is 12.4. The smallest absolute Gasteiger partial charge is 0.0612 e. The third kappa shape index (κ3) is 4.50. The van der Waals surface area contributed by atoms with Gasteiger partial charge in [-0.15, -0.1) is 5.92 Å². The lowest BCUT2D eigenvalue weighted by molar-refractivity contribution is 0.563. The fraction of sp³-hybridized carbons (Fsp3) is 0.562. The maximum Gasteiger partial charge on any atom is 0.0612 e. The van der Waals surface area contributed by atoms with Gasteiger partial charge >= 0.3 is 0 Å². The van der Waals surface area contributed by atoms with Gasteiger partial charge < -0.3 is 5.32 Å². The summed E-state index contributed by atoms with van der Waals surface area (Å²) in [6, 6.07) is 2.38. The van der Waals surface area contributed by atoms with Crippen molar-refractivity contribution in [2.45, 2.75) is 47.1 Å². The lowest BCUT2D eigenvalue weighted by Crippen LogP contribution is -2.18. The maximum absolute atomic E-state index is 4.53. The van der Waals surface area contributed by atoms with Gasteiger partial charge in [0, 0.05) is 18.0 Å². The van der Waals surface area contributed by atoms with Crippen molar-refractivity contribution in [3.63, 3.8) is 0 Å². The van der Waals surface area contributed by atoms with Crippen molar-refractivity contribution in [1.29, 1.82) is 0 Å². The molecule has 1 aromatic heterocycles. The standard InChI is InChI=1S/C16H24N2/c1-12-10-13(2)15(18-11-12)14(17-6)8-7-9-16(3,4)5/h10-11,14,17H,8H2,1-6H3. The van der Waals surface area contributed by atoms with Crippen LogP contribution in [0.15, 0.2) is 12.3 Å². The third-order valence-electron chi connectivity index (χ3n) is 2.70. The van der Waals surface area contributed by atoms with Crippen LogP contribution >= 0.6 is 0 Å². The van der Waals surface area contributed by atoms with Crippen LogP contribution in [0.4, 0.5) is 0 Å². The summed E-state index contributed by atoms with van der Waals surface area (Å²) in [5.41, 5.74) is 3.60. The average Bonchev–Trinajstić information content (AvgIpc) is 2.24. The van der Waals surface area contributed by atoms with Gasteiger partial charge in [-0.25, -0.2) is 0 Å². The molecule has 0 amide bonds.